The molecule has 21 heavy (non-hydrogen) atoms. The Bertz CT molecular complexity index is 567. The number of carbonyl (C=O) groups excluding carboxylic acids is 1. The number of thioether (sulfide) groups is 1. The highest BCUT2D eigenvalue weighted by molar-refractivity contribution is 8.14. The predicted molar refractivity (Wildman–Crippen MR) is 82.6 cm³/mol. The van der Waals surface area contributed by atoms with Crippen LogP contribution in [0.4, 0.5) is 4.39 Å². The first-order valence-electron chi connectivity index (χ1n) is 7.14. The number of halogens is 1. The van der Waals surface area contributed by atoms with E-state index in [0.29, 0.717) is 11.7 Å². The smallest absolute Gasteiger partial charge is 0.245 e. The predicted octanol–water partition coefficient (Wildman–Crippen LogP) is 2.36. The molecule has 0 spiro atoms. The first kappa shape index (κ1) is 14.5. The highest BCUT2D eigenvalue weighted by Gasteiger charge is 2.38. The molecule has 2 aliphatic rings. The SMILES string of the molecule is NC1(C(=O)NC2=NCC(c3ccc(F)cc3)S2)CCCC1. The molecule has 6 heteroatoms. The normalized spacial score (nSPS) is 23.9. The molecule has 3 rings (SSSR count). The number of rotatable bonds is 2. The quantitative estimate of drug-likeness (QED) is 0.881. The van der Waals surface area contributed by atoms with E-state index in [1.165, 1.54) is 23.9 Å². The van der Waals surface area contributed by atoms with Crippen LogP contribution in [0, 0.1) is 5.82 Å². The highest BCUT2D eigenvalue weighted by Crippen LogP contribution is 2.35. The second kappa shape index (κ2) is 5.77. The monoisotopic (exact) mass is 307 g/mol. The summed E-state index contributed by atoms with van der Waals surface area (Å²) in [5.74, 6) is -0.381. The Kier molecular flexibility index (Phi) is 3.99. The van der Waals surface area contributed by atoms with E-state index in [2.05, 4.69) is 10.3 Å². The van der Waals surface area contributed by atoms with Gasteiger partial charge in [0.1, 0.15) is 5.82 Å². The van der Waals surface area contributed by atoms with Gasteiger partial charge in [0.2, 0.25) is 5.91 Å². The first-order chi connectivity index (χ1) is 10.1. The molecule has 1 amide bonds. The van der Waals surface area contributed by atoms with Crippen LogP contribution >= 0.6 is 11.8 Å². The van der Waals surface area contributed by atoms with Gasteiger partial charge in [-0.25, -0.2) is 4.39 Å². The molecule has 1 unspecified atom stereocenters. The van der Waals surface area contributed by atoms with Gasteiger partial charge < -0.3 is 11.1 Å². The van der Waals surface area contributed by atoms with Crippen molar-refractivity contribution in [1.82, 2.24) is 5.32 Å². The van der Waals surface area contributed by atoms with Crippen molar-refractivity contribution in [3.05, 3.63) is 35.6 Å². The maximum atomic E-state index is 12.9. The second-order valence-electron chi connectivity index (χ2n) is 5.62. The summed E-state index contributed by atoms with van der Waals surface area (Å²) in [5, 5.41) is 3.59. The van der Waals surface area contributed by atoms with E-state index in [1.54, 1.807) is 12.1 Å². The number of nitrogens with two attached hydrogens (primary N) is 1. The maximum Gasteiger partial charge on any atom is 0.245 e. The van der Waals surface area contributed by atoms with Crippen LogP contribution < -0.4 is 11.1 Å². The van der Waals surface area contributed by atoms with Gasteiger partial charge in [-0.2, -0.15) is 0 Å². The average Bonchev–Trinajstić information content (AvgIpc) is 3.10. The Morgan fingerprint density at radius 2 is 2.00 bits per heavy atom. The van der Waals surface area contributed by atoms with Gasteiger partial charge >= 0.3 is 0 Å². The summed E-state index contributed by atoms with van der Waals surface area (Å²) in [6.45, 7) is 0.587. The van der Waals surface area contributed by atoms with Crippen LogP contribution in [0.5, 0.6) is 0 Å². The molecule has 1 aromatic carbocycles. The Morgan fingerprint density at radius 3 is 2.67 bits per heavy atom. The van der Waals surface area contributed by atoms with Crippen molar-refractivity contribution in [3.63, 3.8) is 0 Å². The van der Waals surface area contributed by atoms with Crippen molar-refractivity contribution in [3.8, 4) is 0 Å². The van der Waals surface area contributed by atoms with E-state index in [0.717, 1.165) is 31.2 Å². The Labute approximate surface area is 127 Å². The van der Waals surface area contributed by atoms with Crippen LogP contribution in [0.1, 0.15) is 36.5 Å². The standard InChI is InChI=1S/C15H18FN3OS/c16-11-5-3-10(4-6-11)12-9-18-14(21-12)19-13(20)15(17)7-1-2-8-15/h3-6,12H,1-2,7-9,17H2,(H,18,19,20). The fraction of sp³-hybridized carbons (Fsp3) is 0.467. The zero-order valence-corrected chi connectivity index (χ0v) is 12.5. The first-order valence-corrected chi connectivity index (χ1v) is 8.02. The zero-order chi connectivity index (χ0) is 14.9. The molecular weight excluding hydrogens is 289 g/mol. The third-order valence-electron chi connectivity index (χ3n) is 4.06. The lowest BCUT2D eigenvalue weighted by molar-refractivity contribution is -0.124. The third-order valence-corrected chi connectivity index (χ3v) is 5.23. The van der Waals surface area contributed by atoms with Crippen LogP contribution in [0.2, 0.25) is 0 Å². The summed E-state index contributed by atoms with van der Waals surface area (Å²) in [7, 11) is 0. The number of hydrogen-bond donors (Lipinski definition) is 2. The minimum absolute atomic E-state index is 0.123. The van der Waals surface area contributed by atoms with E-state index in [1.807, 2.05) is 0 Å². The van der Waals surface area contributed by atoms with Gasteiger partial charge in [-0.05, 0) is 30.5 Å². The molecule has 1 aliphatic carbocycles. The lowest BCUT2D eigenvalue weighted by Crippen LogP contribution is -2.52. The molecule has 0 bridgehead atoms. The molecule has 1 atom stereocenters. The van der Waals surface area contributed by atoms with E-state index in [-0.39, 0.29) is 17.0 Å². The second-order valence-corrected chi connectivity index (χ2v) is 6.81. The molecule has 1 heterocycles. The molecule has 1 saturated carbocycles. The number of carbonyl (C=O) groups is 1. The fourth-order valence-corrected chi connectivity index (χ4v) is 3.76. The van der Waals surface area contributed by atoms with E-state index in [9.17, 15) is 9.18 Å². The largest absolute Gasteiger partial charge is 0.317 e. The van der Waals surface area contributed by atoms with Gasteiger partial charge in [0.15, 0.2) is 5.17 Å². The minimum atomic E-state index is -0.739. The average molecular weight is 307 g/mol. The van der Waals surface area contributed by atoms with Crippen LogP contribution in [-0.4, -0.2) is 23.2 Å². The topological polar surface area (TPSA) is 67.5 Å². The molecule has 1 aromatic rings. The van der Waals surface area contributed by atoms with Crippen LogP contribution in [0.15, 0.2) is 29.3 Å². The van der Waals surface area contributed by atoms with E-state index < -0.39 is 5.54 Å². The van der Waals surface area contributed by atoms with Gasteiger partial charge in [-0.1, -0.05) is 36.7 Å². The van der Waals surface area contributed by atoms with Gasteiger partial charge in [0, 0.05) is 0 Å². The van der Waals surface area contributed by atoms with Gasteiger partial charge in [-0.15, -0.1) is 0 Å². The van der Waals surface area contributed by atoms with Crippen molar-refractivity contribution >= 4 is 22.8 Å². The summed E-state index contributed by atoms with van der Waals surface area (Å²) in [5.41, 5.74) is 6.40. The number of amides is 1. The summed E-state index contributed by atoms with van der Waals surface area (Å²) >= 11 is 1.50. The minimum Gasteiger partial charge on any atom is -0.317 e. The Balaban J connectivity index is 1.59. The van der Waals surface area contributed by atoms with Crippen molar-refractivity contribution in [2.75, 3.05) is 6.54 Å². The van der Waals surface area contributed by atoms with Gasteiger partial charge in [0.05, 0.1) is 17.3 Å². The Hall–Kier alpha value is -1.40. The summed E-state index contributed by atoms with van der Waals surface area (Å²) in [6, 6.07) is 6.41. The molecule has 4 nitrogen and oxygen atoms in total. The lowest BCUT2D eigenvalue weighted by Gasteiger charge is -2.22. The van der Waals surface area contributed by atoms with Crippen LogP contribution in [-0.2, 0) is 4.79 Å². The third kappa shape index (κ3) is 3.11. The molecule has 1 fully saturated rings. The Morgan fingerprint density at radius 1 is 1.33 bits per heavy atom. The van der Waals surface area contributed by atoms with Crippen molar-refractivity contribution in [2.24, 2.45) is 10.7 Å². The number of hydrogen-bond acceptors (Lipinski definition) is 4. The van der Waals surface area contributed by atoms with Gasteiger partial charge in [-0.3, -0.25) is 9.79 Å². The van der Waals surface area contributed by atoms with E-state index >= 15 is 0 Å². The van der Waals surface area contributed by atoms with Crippen molar-refractivity contribution in [2.45, 2.75) is 36.5 Å². The highest BCUT2D eigenvalue weighted by atomic mass is 32.2. The zero-order valence-electron chi connectivity index (χ0n) is 11.6. The molecule has 0 saturated heterocycles. The van der Waals surface area contributed by atoms with Crippen LogP contribution in [0.3, 0.4) is 0 Å². The molecular formula is C15H18FN3OS. The van der Waals surface area contributed by atoms with Gasteiger partial charge in [0.25, 0.3) is 0 Å². The lowest BCUT2D eigenvalue weighted by atomic mass is 9.98. The number of amidine groups is 1. The number of aliphatic imine (C=N–C) groups is 1. The molecule has 1 aliphatic heterocycles. The fourth-order valence-electron chi connectivity index (χ4n) is 2.75. The number of nitrogens with one attached hydrogen (secondary N) is 1. The molecule has 0 aromatic heterocycles. The summed E-state index contributed by atoms with van der Waals surface area (Å²) in [6.07, 6.45) is 3.47. The summed E-state index contributed by atoms with van der Waals surface area (Å²) < 4.78 is 12.9. The molecule has 3 N–H and O–H groups in total. The van der Waals surface area contributed by atoms with E-state index in [4.69, 9.17) is 5.73 Å². The van der Waals surface area contributed by atoms with Crippen LogP contribution in [0.25, 0.3) is 0 Å². The molecule has 112 valence electrons. The summed E-state index contributed by atoms with van der Waals surface area (Å²) in [4.78, 5) is 16.6. The maximum absolute atomic E-state index is 12.9. The van der Waals surface area contributed by atoms with Crippen molar-refractivity contribution < 1.29 is 9.18 Å². The number of nitrogens with zero attached hydrogens (tertiary/aromatic N) is 1. The molecule has 0 radical (unpaired) electrons. The van der Waals surface area contributed by atoms with Crippen molar-refractivity contribution in [1.29, 1.82) is 0 Å². The number of benzene rings is 1.